The fourth-order valence-corrected chi connectivity index (χ4v) is 2.76. The van der Waals surface area contributed by atoms with Gasteiger partial charge in [-0.05, 0) is 31.1 Å². The molecule has 2 heteroatoms. The Kier molecular flexibility index (Phi) is 3.53. The zero-order valence-corrected chi connectivity index (χ0v) is 8.40. The second-order valence-electron chi connectivity index (χ2n) is 4.05. The summed E-state index contributed by atoms with van der Waals surface area (Å²) in [6.07, 6.45) is 7.95. The Hall–Kier alpha value is -0.0800. The van der Waals surface area contributed by atoms with Crippen LogP contribution in [0.1, 0.15) is 52.4 Å². The summed E-state index contributed by atoms with van der Waals surface area (Å²) < 4.78 is 0. The lowest BCUT2D eigenvalue weighted by molar-refractivity contribution is 0.182. The normalized spacial score (nSPS) is 24.2. The van der Waals surface area contributed by atoms with Crippen molar-refractivity contribution < 1.29 is 0 Å². The van der Waals surface area contributed by atoms with Crippen LogP contribution in [0, 0.1) is 5.41 Å². The first kappa shape index (κ1) is 10.0. The molecule has 1 fully saturated rings. The number of nitrogens with one attached hydrogen (secondary N) is 1. The lowest BCUT2D eigenvalue weighted by Gasteiger charge is -2.35. The molecule has 0 spiro atoms. The van der Waals surface area contributed by atoms with Crippen LogP contribution in [0.25, 0.3) is 0 Å². The first-order chi connectivity index (χ1) is 5.79. The van der Waals surface area contributed by atoms with E-state index < -0.39 is 0 Å². The maximum atomic E-state index is 5.57. The van der Waals surface area contributed by atoms with Crippen molar-refractivity contribution in [1.29, 1.82) is 0 Å². The van der Waals surface area contributed by atoms with Gasteiger partial charge in [0.05, 0.1) is 0 Å². The van der Waals surface area contributed by atoms with Gasteiger partial charge in [0.15, 0.2) is 0 Å². The monoisotopic (exact) mass is 170 g/mol. The van der Waals surface area contributed by atoms with Crippen molar-refractivity contribution in [3.8, 4) is 0 Å². The van der Waals surface area contributed by atoms with E-state index in [1.165, 1.54) is 32.1 Å². The Morgan fingerprint density at radius 1 is 1.33 bits per heavy atom. The van der Waals surface area contributed by atoms with E-state index in [-0.39, 0.29) is 0 Å². The number of nitrogens with two attached hydrogens (primary N) is 1. The van der Waals surface area contributed by atoms with E-state index in [1.807, 2.05) is 0 Å². The highest BCUT2D eigenvalue weighted by atomic mass is 15.2. The molecular formula is C10H22N2. The summed E-state index contributed by atoms with van der Waals surface area (Å²) >= 11 is 0. The van der Waals surface area contributed by atoms with Crippen LogP contribution >= 0.6 is 0 Å². The van der Waals surface area contributed by atoms with E-state index >= 15 is 0 Å². The lowest BCUT2D eigenvalue weighted by atomic mass is 9.75. The molecule has 0 aromatic heterocycles. The fraction of sp³-hybridized carbons (Fsp3) is 1.00. The summed E-state index contributed by atoms with van der Waals surface area (Å²) in [6.45, 7) is 4.52. The average Bonchev–Trinajstić information content (AvgIpc) is 2.56. The van der Waals surface area contributed by atoms with Crippen LogP contribution in [0.4, 0.5) is 0 Å². The summed E-state index contributed by atoms with van der Waals surface area (Å²) in [4.78, 5) is 0. The third-order valence-electron chi connectivity index (χ3n) is 3.65. The van der Waals surface area contributed by atoms with Gasteiger partial charge in [0, 0.05) is 6.04 Å². The van der Waals surface area contributed by atoms with Crippen LogP contribution in [0.5, 0.6) is 0 Å². The molecule has 0 radical (unpaired) electrons. The number of hydrogen-bond acceptors (Lipinski definition) is 2. The van der Waals surface area contributed by atoms with Gasteiger partial charge in [0.25, 0.3) is 0 Å². The van der Waals surface area contributed by atoms with Gasteiger partial charge in [0.2, 0.25) is 0 Å². The SMILES string of the molecule is CCC(NN)C1(CC)CCCC1. The first-order valence-electron chi connectivity index (χ1n) is 5.25. The molecule has 1 atom stereocenters. The molecular weight excluding hydrogens is 148 g/mol. The van der Waals surface area contributed by atoms with Gasteiger partial charge in [-0.1, -0.05) is 26.7 Å². The molecule has 1 unspecified atom stereocenters. The van der Waals surface area contributed by atoms with Crippen LogP contribution in [-0.4, -0.2) is 6.04 Å². The van der Waals surface area contributed by atoms with Gasteiger partial charge in [-0.2, -0.15) is 0 Å². The van der Waals surface area contributed by atoms with Gasteiger partial charge < -0.3 is 0 Å². The second kappa shape index (κ2) is 4.24. The van der Waals surface area contributed by atoms with E-state index in [9.17, 15) is 0 Å². The van der Waals surface area contributed by atoms with Crippen LogP contribution in [0.2, 0.25) is 0 Å². The van der Waals surface area contributed by atoms with Crippen molar-refractivity contribution in [2.45, 2.75) is 58.4 Å². The third-order valence-corrected chi connectivity index (χ3v) is 3.65. The van der Waals surface area contributed by atoms with Crippen molar-refractivity contribution in [3.63, 3.8) is 0 Å². The number of hydrogen-bond donors (Lipinski definition) is 2. The van der Waals surface area contributed by atoms with Crippen molar-refractivity contribution in [2.24, 2.45) is 11.3 Å². The third kappa shape index (κ3) is 1.64. The molecule has 0 amide bonds. The summed E-state index contributed by atoms with van der Waals surface area (Å²) in [5.74, 6) is 5.57. The van der Waals surface area contributed by atoms with Crippen LogP contribution < -0.4 is 11.3 Å². The predicted octanol–water partition coefficient (Wildman–Crippen LogP) is 2.20. The molecule has 1 rings (SSSR count). The quantitative estimate of drug-likeness (QED) is 0.501. The Morgan fingerprint density at radius 3 is 2.25 bits per heavy atom. The second-order valence-corrected chi connectivity index (χ2v) is 4.05. The standard InChI is InChI=1S/C10H22N2/c1-3-9(12-11)10(4-2)7-5-6-8-10/h9,12H,3-8,11H2,1-2H3. The maximum absolute atomic E-state index is 5.57. The van der Waals surface area contributed by atoms with Gasteiger partial charge in [0.1, 0.15) is 0 Å². The summed E-state index contributed by atoms with van der Waals surface area (Å²) in [5, 5.41) is 0. The van der Waals surface area contributed by atoms with Gasteiger partial charge in [-0.15, -0.1) is 0 Å². The molecule has 0 bridgehead atoms. The highest BCUT2D eigenvalue weighted by Gasteiger charge is 2.37. The number of hydrazine groups is 1. The minimum absolute atomic E-state index is 0.517. The molecule has 3 N–H and O–H groups in total. The van der Waals surface area contributed by atoms with E-state index in [1.54, 1.807) is 0 Å². The zero-order valence-electron chi connectivity index (χ0n) is 8.40. The van der Waals surface area contributed by atoms with Gasteiger partial charge >= 0.3 is 0 Å². The van der Waals surface area contributed by atoms with Crippen LogP contribution in [0.15, 0.2) is 0 Å². The summed E-state index contributed by atoms with van der Waals surface area (Å²) in [5.41, 5.74) is 3.50. The van der Waals surface area contributed by atoms with E-state index in [0.29, 0.717) is 11.5 Å². The minimum atomic E-state index is 0.517. The predicted molar refractivity (Wildman–Crippen MR) is 52.6 cm³/mol. The molecule has 0 aromatic rings. The van der Waals surface area contributed by atoms with Crippen molar-refractivity contribution in [1.82, 2.24) is 5.43 Å². The largest absolute Gasteiger partial charge is 0.271 e. The van der Waals surface area contributed by atoms with E-state index in [4.69, 9.17) is 5.84 Å². The molecule has 1 aliphatic rings. The Labute approximate surface area is 75.9 Å². The molecule has 0 aliphatic heterocycles. The van der Waals surface area contributed by atoms with Crippen molar-refractivity contribution in [3.05, 3.63) is 0 Å². The highest BCUT2D eigenvalue weighted by molar-refractivity contribution is 4.92. The molecule has 0 heterocycles. The van der Waals surface area contributed by atoms with Gasteiger partial charge in [-0.25, -0.2) is 0 Å². The molecule has 72 valence electrons. The molecule has 2 nitrogen and oxygen atoms in total. The molecule has 1 aliphatic carbocycles. The number of rotatable bonds is 4. The summed E-state index contributed by atoms with van der Waals surface area (Å²) in [6, 6.07) is 0.532. The smallest absolute Gasteiger partial charge is 0.0264 e. The summed E-state index contributed by atoms with van der Waals surface area (Å²) in [7, 11) is 0. The Bertz CT molecular complexity index is 124. The van der Waals surface area contributed by atoms with Crippen LogP contribution in [-0.2, 0) is 0 Å². The fourth-order valence-electron chi connectivity index (χ4n) is 2.76. The Morgan fingerprint density at radius 2 is 1.92 bits per heavy atom. The maximum Gasteiger partial charge on any atom is 0.0264 e. The average molecular weight is 170 g/mol. The molecule has 0 aromatic carbocycles. The van der Waals surface area contributed by atoms with Gasteiger partial charge in [-0.3, -0.25) is 11.3 Å². The van der Waals surface area contributed by atoms with Crippen LogP contribution in [0.3, 0.4) is 0 Å². The molecule has 1 saturated carbocycles. The molecule has 12 heavy (non-hydrogen) atoms. The topological polar surface area (TPSA) is 38.0 Å². The Balaban J connectivity index is 2.63. The van der Waals surface area contributed by atoms with E-state index in [0.717, 1.165) is 6.42 Å². The van der Waals surface area contributed by atoms with Crippen molar-refractivity contribution in [2.75, 3.05) is 0 Å². The lowest BCUT2D eigenvalue weighted by Crippen LogP contribution is -2.46. The minimum Gasteiger partial charge on any atom is -0.271 e. The van der Waals surface area contributed by atoms with E-state index in [2.05, 4.69) is 19.3 Å². The van der Waals surface area contributed by atoms with Crippen molar-refractivity contribution >= 4 is 0 Å². The highest BCUT2D eigenvalue weighted by Crippen LogP contribution is 2.44. The first-order valence-corrected chi connectivity index (χ1v) is 5.25. The molecule has 0 saturated heterocycles. The zero-order chi connectivity index (χ0) is 9.03.